The molecule has 146 valence electrons. The summed E-state index contributed by atoms with van der Waals surface area (Å²) < 4.78 is 42.3. The first-order valence-corrected chi connectivity index (χ1v) is 10.7. The predicted octanol–water partition coefficient (Wildman–Crippen LogP) is 1.40. The second-order valence-corrected chi connectivity index (χ2v) is 9.21. The van der Waals surface area contributed by atoms with Gasteiger partial charge in [-0.15, -0.1) is 0 Å². The third-order valence-corrected chi connectivity index (χ3v) is 6.55. The van der Waals surface area contributed by atoms with Crippen molar-refractivity contribution in [3.63, 3.8) is 0 Å². The Bertz CT molecular complexity index is 969. The van der Waals surface area contributed by atoms with Crippen molar-refractivity contribution in [1.29, 1.82) is 0 Å². The van der Waals surface area contributed by atoms with Crippen LogP contribution >= 0.6 is 27.7 Å². The highest BCUT2D eigenvalue weighted by Gasteiger charge is 2.31. The van der Waals surface area contributed by atoms with E-state index in [0.29, 0.717) is 23.7 Å². The second-order valence-electron chi connectivity index (χ2n) is 5.52. The number of aromatic nitrogens is 2. The minimum Gasteiger partial charge on any atom is -0.290 e. The van der Waals surface area contributed by atoms with E-state index in [2.05, 4.69) is 31.2 Å². The fourth-order valence-corrected chi connectivity index (χ4v) is 4.72. The molecule has 0 spiro atoms. The molecule has 1 aromatic heterocycles. The number of nitrogens with two attached hydrogens (primary N) is 1. The van der Waals surface area contributed by atoms with Gasteiger partial charge in [-0.1, -0.05) is 11.8 Å². The standard InChI is InChI=1S/C13H14BrFN6O4S2/c14-9-5-7(1-2-10(9)15)17-12(18-22)11-13(20-25-19-11)26-8-3-4-21(6-8)27(16,23)24/h1-2,5,8,22H,3-4,6H2,(H,17,18)(H2,16,23,24)/t8-/m0/s1. The van der Waals surface area contributed by atoms with Crippen molar-refractivity contribution in [3.05, 3.63) is 34.2 Å². The van der Waals surface area contributed by atoms with Gasteiger partial charge in [0.1, 0.15) is 5.82 Å². The molecule has 0 amide bonds. The number of aliphatic imine (C=N–C) groups is 1. The first kappa shape index (κ1) is 20.2. The molecule has 0 bridgehead atoms. The summed E-state index contributed by atoms with van der Waals surface area (Å²) >= 11 is 4.29. The Morgan fingerprint density at radius 3 is 2.93 bits per heavy atom. The molecule has 14 heteroatoms. The molecule has 1 atom stereocenters. The molecule has 0 radical (unpaired) electrons. The van der Waals surface area contributed by atoms with E-state index in [0.717, 1.165) is 0 Å². The molecular weight excluding hydrogens is 467 g/mol. The van der Waals surface area contributed by atoms with Gasteiger partial charge in [0.15, 0.2) is 16.6 Å². The van der Waals surface area contributed by atoms with Crippen LogP contribution in [-0.4, -0.2) is 52.4 Å². The van der Waals surface area contributed by atoms with Crippen LogP contribution in [0.5, 0.6) is 0 Å². The summed E-state index contributed by atoms with van der Waals surface area (Å²) in [6, 6.07) is 4.06. The van der Waals surface area contributed by atoms with E-state index >= 15 is 0 Å². The van der Waals surface area contributed by atoms with Gasteiger partial charge in [0.25, 0.3) is 10.2 Å². The fraction of sp³-hybridized carbons (Fsp3) is 0.308. The van der Waals surface area contributed by atoms with Crippen molar-refractivity contribution in [2.75, 3.05) is 13.1 Å². The maximum atomic E-state index is 13.3. The second kappa shape index (κ2) is 8.20. The van der Waals surface area contributed by atoms with E-state index in [4.69, 9.17) is 9.77 Å². The van der Waals surface area contributed by atoms with Crippen LogP contribution in [0.1, 0.15) is 12.1 Å². The van der Waals surface area contributed by atoms with Crippen LogP contribution in [0.4, 0.5) is 10.1 Å². The zero-order valence-electron chi connectivity index (χ0n) is 13.5. The first-order valence-electron chi connectivity index (χ1n) is 7.49. The Labute approximate surface area is 166 Å². The van der Waals surface area contributed by atoms with Gasteiger partial charge in [0.05, 0.1) is 10.2 Å². The number of hydrogen-bond donors (Lipinski definition) is 3. The molecule has 1 aliphatic rings. The van der Waals surface area contributed by atoms with Gasteiger partial charge in [-0.2, -0.15) is 12.7 Å². The van der Waals surface area contributed by atoms with Crippen molar-refractivity contribution < 1.29 is 22.6 Å². The van der Waals surface area contributed by atoms with Crippen molar-refractivity contribution in [3.8, 4) is 0 Å². The molecule has 0 aliphatic carbocycles. The normalized spacial score (nSPS) is 18.8. The van der Waals surface area contributed by atoms with Gasteiger partial charge in [0, 0.05) is 18.3 Å². The van der Waals surface area contributed by atoms with Crippen molar-refractivity contribution in [2.45, 2.75) is 16.7 Å². The summed E-state index contributed by atoms with van der Waals surface area (Å²) in [6.45, 7) is 0.527. The molecule has 4 N–H and O–H groups in total. The lowest BCUT2D eigenvalue weighted by molar-refractivity contribution is 0.234. The van der Waals surface area contributed by atoms with Crippen LogP contribution < -0.4 is 10.6 Å². The smallest absolute Gasteiger partial charge is 0.276 e. The molecule has 3 rings (SSSR count). The number of amidine groups is 1. The highest BCUT2D eigenvalue weighted by molar-refractivity contribution is 9.10. The van der Waals surface area contributed by atoms with Gasteiger partial charge in [0.2, 0.25) is 0 Å². The molecule has 0 saturated carbocycles. The Morgan fingerprint density at radius 1 is 1.52 bits per heavy atom. The Hall–Kier alpha value is -1.58. The number of rotatable bonds is 5. The molecular formula is C13H14BrFN6O4S2. The monoisotopic (exact) mass is 480 g/mol. The van der Waals surface area contributed by atoms with Gasteiger partial charge in [-0.3, -0.25) is 10.7 Å². The minimum atomic E-state index is -3.74. The molecule has 27 heavy (non-hydrogen) atoms. The zero-order chi connectivity index (χ0) is 19.6. The molecule has 2 aromatic rings. The molecule has 1 aromatic carbocycles. The number of benzene rings is 1. The number of hydroxylamine groups is 1. The average molecular weight is 481 g/mol. The van der Waals surface area contributed by atoms with E-state index in [1.54, 1.807) is 0 Å². The van der Waals surface area contributed by atoms with Crippen LogP contribution in [0.3, 0.4) is 0 Å². The third-order valence-electron chi connectivity index (χ3n) is 3.68. The van der Waals surface area contributed by atoms with E-state index in [1.807, 2.05) is 5.48 Å². The summed E-state index contributed by atoms with van der Waals surface area (Å²) in [5, 5.41) is 22.3. The number of hydrogen-bond acceptors (Lipinski definition) is 8. The van der Waals surface area contributed by atoms with Crippen LogP contribution in [0.2, 0.25) is 0 Å². The van der Waals surface area contributed by atoms with E-state index < -0.39 is 16.0 Å². The maximum Gasteiger partial charge on any atom is 0.276 e. The molecule has 0 unspecified atom stereocenters. The predicted molar refractivity (Wildman–Crippen MR) is 98.5 cm³/mol. The van der Waals surface area contributed by atoms with Crippen molar-refractivity contribution in [1.82, 2.24) is 20.1 Å². The maximum absolute atomic E-state index is 13.3. The molecule has 2 heterocycles. The minimum absolute atomic E-state index is 0.0569. The van der Waals surface area contributed by atoms with Crippen LogP contribution in [-0.2, 0) is 10.2 Å². The summed E-state index contributed by atoms with van der Waals surface area (Å²) in [6.07, 6.45) is 0.567. The van der Waals surface area contributed by atoms with Crippen LogP contribution in [0.15, 0.2) is 37.3 Å². The topological polar surface area (TPSA) is 147 Å². The molecule has 1 saturated heterocycles. The Balaban J connectivity index is 1.80. The summed E-state index contributed by atoms with van der Waals surface area (Å²) in [7, 11) is -3.74. The SMILES string of the molecule is NS(=O)(=O)N1CC[C@H](Sc2nonc2C(=Nc2ccc(F)c(Br)c2)NO)C1. The molecule has 1 fully saturated rings. The highest BCUT2D eigenvalue weighted by Crippen LogP contribution is 2.31. The number of thioether (sulfide) groups is 1. The summed E-state index contributed by atoms with van der Waals surface area (Å²) in [4.78, 5) is 4.17. The van der Waals surface area contributed by atoms with Gasteiger partial charge in [-0.25, -0.2) is 19.2 Å². The van der Waals surface area contributed by atoms with Gasteiger partial charge in [-0.05, 0) is 50.9 Å². The largest absolute Gasteiger partial charge is 0.290 e. The Morgan fingerprint density at radius 2 is 2.30 bits per heavy atom. The number of nitrogens with zero attached hydrogens (tertiary/aromatic N) is 4. The number of nitrogens with one attached hydrogen (secondary N) is 1. The summed E-state index contributed by atoms with van der Waals surface area (Å²) in [5.41, 5.74) is 2.41. The average Bonchev–Trinajstić information content (AvgIpc) is 3.25. The van der Waals surface area contributed by atoms with E-state index in [9.17, 15) is 18.0 Å². The first-order chi connectivity index (χ1) is 12.8. The quantitative estimate of drug-likeness (QED) is 0.330. The molecule has 10 nitrogen and oxygen atoms in total. The number of halogens is 2. The lowest BCUT2D eigenvalue weighted by atomic mass is 10.3. The van der Waals surface area contributed by atoms with E-state index in [1.165, 1.54) is 34.3 Å². The highest BCUT2D eigenvalue weighted by atomic mass is 79.9. The van der Waals surface area contributed by atoms with Crippen LogP contribution in [0, 0.1) is 5.82 Å². The lowest BCUT2D eigenvalue weighted by Gasteiger charge is -2.12. The van der Waals surface area contributed by atoms with Crippen molar-refractivity contribution in [2.24, 2.45) is 10.1 Å². The van der Waals surface area contributed by atoms with Gasteiger partial charge < -0.3 is 0 Å². The molecule has 1 aliphatic heterocycles. The van der Waals surface area contributed by atoms with Crippen LogP contribution in [0.25, 0.3) is 0 Å². The summed E-state index contributed by atoms with van der Waals surface area (Å²) in [5.74, 6) is -0.508. The Kier molecular flexibility index (Phi) is 6.12. The van der Waals surface area contributed by atoms with Crippen molar-refractivity contribution >= 4 is 49.4 Å². The third kappa shape index (κ3) is 4.83. The zero-order valence-corrected chi connectivity index (χ0v) is 16.8. The van der Waals surface area contributed by atoms with Gasteiger partial charge >= 0.3 is 0 Å². The fourth-order valence-electron chi connectivity index (χ4n) is 2.40. The van der Waals surface area contributed by atoms with E-state index in [-0.39, 0.29) is 27.8 Å². The lowest BCUT2D eigenvalue weighted by Crippen LogP contribution is -2.35.